The Labute approximate surface area is 108 Å². The van der Waals surface area contributed by atoms with Crippen molar-refractivity contribution in [1.82, 2.24) is 4.98 Å². The van der Waals surface area contributed by atoms with E-state index in [-0.39, 0.29) is 0 Å². The third-order valence-corrected chi connectivity index (χ3v) is 3.85. The van der Waals surface area contributed by atoms with Crippen LogP contribution in [0.3, 0.4) is 0 Å². The Hall–Kier alpha value is -1.83. The summed E-state index contributed by atoms with van der Waals surface area (Å²) in [4.78, 5) is 4.22. The fourth-order valence-electron chi connectivity index (χ4n) is 2.49. The molecule has 2 heteroatoms. The van der Waals surface area contributed by atoms with E-state index < -0.39 is 0 Å². The molecule has 18 heavy (non-hydrogen) atoms. The molecule has 92 valence electrons. The zero-order valence-electron chi connectivity index (χ0n) is 10.7. The molecule has 2 nitrogen and oxygen atoms in total. The Morgan fingerprint density at radius 1 is 1.17 bits per heavy atom. The Morgan fingerprint density at radius 3 is 2.50 bits per heavy atom. The molecule has 1 fully saturated rings. The van der Waals surface area contributed by atoms with E-state index in [2.05, 4.69) is 35.3 Å². The third-order valence-electron chi connectivity index (χ3n) is 3.85. The summed E-state index contributed by atoms with van der Waals surface area (Å²) in [7, 11) is 0. The third kappa shape index (κ3) is 1.99. The normalized spacial score (nSPS) is 15.4. The van der Waals surface area contributed by atoms with Crippen LogP contribution in [0.5, 0.6) is 0 Å². The number of aromatic nitrogens is 1. The largest absolute Gasteiger partial charge is 0.383 e. The minimum atomic E-state index is 0.608. The second-order valence-electron chi connectivity index (χ2n) is 5.20. The van der Waals surface area contributed by atoms with E-state index in [1.807, 2.05) is 13.1 Å². The van der Waals surface area contributed by atoms with Gasteiger partial charge in [-0.25, -0.2) is 4.98 Å². The van der Waals surface area contributed by atoms with Crippen molar-refractivity contribution in [1.29, 1.82) is 0 Å². The van der Waals surface area contributed by atoms with Crippen LogP contribution in [-0.2, 0) is 0 Å². The number of benzene rings is 1. The lowest BCUT2D eigenvalue weighted by Gasteiger charge is -2.25. The number of anilines is 1. The molecule has 1 aliphatic carbocycles. The van der Waals surface area contributed by atoms with Crippen molar-refractivity contribution in [3.8, 4) is 11.1 Å². The van der Waals surface area contributed by atoms with E-state index in [4.69, 9.17) is 5.73 Å². The first kappa shape index (κ1) is 11.3. The van der Waals surface area contributed by atoms with Crippen LogP contribution in [0.25, 0.3) is 11.1 Å². The molecule has 0 amide bonds. The number of nitrogens with two attached hydrogens (primary N) is 1. The SMILES string of the molecule is Cc1cnc(N)c(-c2ccc(C3CCC3)cc2)c1. The minimum absolute atomic E-state index is 0.608. The van der Waals surface area contributed by atoms with E-state index >= 15 is 0 Å². The van der Waals surface area contributed by atoms with Crippen molar-refractivity contribution in [2.75, 3.05) is 5.73 Å². The number of hydrogen-bond acceptors (Lipinski definition) is 2. The molecule has 1 heterocycles. The van der Waals surface area contributed by atoms with Gasteiger partial charge in [0.25, 0.3) is 0 Å². The molecule has 1 aliphatic rings. The quantitative estimate of drug-likeness (QED) is 0.861. The lowest BCUT2D eigenvalue weighted by molar-refractivity contribution is 0.420. The van der Waals surface area contributed by atoms with Gasteiger partial charge in [-0.1, -0.05) is 30.7 Å². The molecule has 0 saturated heterocycles. The zero-order chi connectivity index (χ0) is 12.5. The standard InChI is InChI=1S/C16H18N2/c1-11-9-15(16(17)18-10-11)14-7-5-13(6-8-14)12-3-2-4-12/h5-10,12H,2-4H2,1H3,(H2,17,18). The van der Waals surface area contributed by atoms with Crippen molar-refractivity contribution in [3.63, 3.8) is 0 Å². The fourth-order valence-corrected chi connectivity index (χ4v) is 2.49. The highest BCUT2D eigenvalue weighted by molar-refractivity contribution is 5.74. The second kappa shape index (κ2) is 4.45. The van der Waals surface area contributed by atoms with Gasteiger partial charge in [-0.3, -0.25) is 0 Å². The smallest absolute Gasteiger partial charge is 0.131 e. The number of aryl methyl sites for hydroxylation is 1. The molecule has 1 saturated carbocycles. The summed E-state index contributed by atoms with van der Waals surface area (Å²) in [6.07, 6.45) is 5.86. The first-order chi connectivity index (χ1) is 8.74. The Morgan fingerprint density at radius 2 is 1.89 bits per heavy atom. The molecule has 0 spiro atoms. The van der Waals surface area contributed by atoms with Crippen molar-refractivity contribution >= 4 is 5.82 Å². The van der Waals surface area contributed by atoms with Gasteiger partial charge >= 0.3 is 0 Å². The van der Waals surface area contributed by atoms with Gasteiger partial charge in [0.15, 0.2) is 0 Å². The topological polar surface area (TPSA) is 38.9 Å². The molecule has 2 N–H and O–H groups in total. The lowest BCUT2D eigenvalue weighted by atomic mass is 9.80. The first-order valence-electron chi connectivity index (χ1n) is 6.56. The van der Waals surface area contributed by atoms with E-state index in [1.165, 1.54) is 24.8 Å². The number of rotatable bonds is 2. The molecular weight excluding hydrogens is 220 g/mol. The maximum Gasteiger partial charge on any atom is 0.131 e. The number of hydrogen-bond donors (Lipinski definition) is 1. The highest BCUT2D eigenvalue weighted by atomic mass is 14.8. The van der Waals surface area contributed by atoms with Gasteiger partial charge in [0, 0.05) is 11.8 Å². The molecule has 0 aliphatic heterocycles. The average Bonchev–Trinajstić information content (AvgIpc) is 2.31. The Balaban J connectivity index is 1.94. The van der Waals surface area contributed by atoms with Crippen LogP contribution in [0.2, 0.25) is 0 Å². The molecular formula is C16H18N2. The maximum absolute atomic E-state index is 5.95. The van der Waals surface area contributed by atoms with Crippen LogP contribution < -0.4 is 5.73 Å². The average molecular weight is 238 g/mol. The van der Waals surface area contributed by atoms with Gasteiger partial charge in [-0.05, 0) is 48.4 Å². The number of nitrogen functional groups attached to an aromatic ring is 1. The van der Waals surface area contributed by atoms with Crippen LogP contribution in [0.4, 0.5) is 5.82 Å². The van der Waals surface area contributed by atoms with E-state index in [0.717, 1.165) is 22.6 Å². The van der Waals surface area contributed by atoms with Gasteiger partial charge in [0.1, 0.15) is 5.82 Å². The predicted octanol–water partition coefficient (Wildman–Crippen LogP) is 3.91. The zero-order valence-corrected chi connectivity index (χ0v) is 10.7. The monoisotopic (exact) mass is 238 g/mol. The van der Waals surface area contributed by atoms with Gasteiger partial charge in [-0.15, -0.1) is 0 Å². The number of nitrogens with zero attached hydrogens (tertiary/aromatic N) is 1. The summed E-state index contributed by atoms with van der Waals surface area (Å²) in [6, 6.07) is 10.9. The molecule has 0 unspecified atom stereocenters. The predicted molar refractivity (Wildman–Crippen MR) is 75.4 cm³/mol. The van der Waals surface area contributed by atoms with E-state index in [9.17, 15) is 0 Å². The summed E-state index contributed by atoms with van der Waals surface area (Å²) in [6.45, 7) is 2.04. The molecule has 2 aromatic rings. The van der Waals surface area contributed by atoms with Crippen molar-refractivity contribution in [2.24, 2.45) is 0 Å². The van der Waals surface area contributed by atoms with E-state index in [1.54, 1.807) is 0 Å². The van der Waals surface area contributed by atoms with Crippen LogP contribution in [0, 0.1) is 6.92 Å². The van der Waals surface area contributed by atoms with Crippen molar-refractivity contribution < 1.29 is 0 Å². The molecule has 1 aromatic carbocycles. The highest BCUT2D eigenvalue weighted by Crippen LogP contribution is 2.37. The second-order valence-corrected chi connectivity index (χ2v) is 5.20. The summed E-state index contributed by atoms with van der Waals surface area (Å²) < 4.78 is 0. The Kier molecular flexibility index (Phi) is 2.78. The van der Waals surface area contributed by atoms with Crippen LogP contribution in [0.15, 0.2) is 36.5 Å². The molecule has 0 bridgehead atoms. The van der Waals surface area contributed by atoms with Gasteiger partial charge < -0.3 is 5.73 Å². The summed E-state index contributed by atoms with van der Waals surface area (Å²) >= 11 is 0. The maximum atomic E-state index is 5.95. The van der Waals surface area contributed by atoms with Crippen molar-refractivity contribution in [3.05, 3.63) is 47.7 Å². The van der Waals surface area contributed by atoms with Crippen LogP contribution in [-0.4, -0.2) is 4.98 Å². The summed E-state index contributed by atoms with van der Waals surface area (Å²) in [5.41, 5.74) is 10.7. The molecule has 3 rings (SSSR count). The first-order valence-corrected chi connectivity index (χ1v) is 6.56. The molecule has 0 radical (unpaired) electrons. The van der Waals surface area contributed by atoms with Crippen molar-refractivity contribution in [2.45, 2.75) is 32.1 Å². The van der Waals surface area contributed by atoms with Gasteiger partial charge in [0.2, 0.25) is 0 Å². The summed E-state index contributed by atoms with van der Waals surface area (Å²) in [5.74, 6) is 1.39. The molecule has 1 aromatic heterocycles. The Bertz CT molecular complexity index is 554. The highest BCUT2D eigenvalue weighted by Gasteiger charge is 2.19. The fraction of sp³-hybridized carbons (Fsp3) is 0.312. The lowest BCUT2D eigenvalue weighted by Crippen LogP contribution is -2.08. The van der Waals surface area contributed by atoms with Gasteiger partial charge in [-0.2, -0.15) is 0 Å². The molecule has 0 atom stereocenters. The van der Waals surface area contributed by atoms with Crippen LogP contribution >= 0.6 is 0 Å². The summed E-state index contributed by atoms with van der Waals surface area (Å²) in [5, 5.41) is 0. The minimum Gasteiger partial charge on any atom is -0.383 e. The van der Waals surface area contributed by atoms with Gasteiger partial charge in [0.05, 0.1) is 0 Å². The van der Waals surface area contributed by atoms with E-state index in [0.29, 0.717) is 5.82 Å². The van der Waals surface area contributed by atoms with Crippen LogP contribution in [0.1, 0.15) is 36.3 Å². The number of pyridine rings is 1.